The second-order valence-electron chi connectivity index (χ2n) is 7.05. The van der Waals surface area contributed by atoms with E-state index in [1.165, 1.54) is 0 Å². The largest absolute Gasteiger partial charge is 0.355 e. The van der Waals surface area contributed by atoms with Gasteiger partial charge in [-0.05, 0) is 25.8 Å². The Bertz CT molecular complexity index is 714. The van der Waals surface area contributed by atoms with Crippen molar-refractivity contribution in [3.05, 3.63) is 0 Å². The first-order valence-electron chi connectivity index (χ1n) is 11.4. The average molecular weight is 419 g/mol. The van der Waals surface area contributed by atoms with Crippen LogP contribution in [-0.2, 0) is 28.8 Å². The number of rotatable bonds is 11. The van der Waals surface area contributed by atoms with E-state index in [1.54, 1.807) is 0 Å². The van der Waals surface area contributed by atoms with Gasteiger partial charge in [0, 0.05) is 42.5 Å². The SMILES string of the molecule is [2H]C([2H])([2H])C[13CH2][13CH]1[13CH2][13CH2][13CH2]N1[13CH2]C(=O)NCCC(=O)NCCC(=O)ON1C(=O)CCC1=O. The van der Waals surface area contributed by atoms with Gasteiger partial charge in [0.2, 0.25) is 11.8 Å². The molecule has 0 aromatic rings. The number of nitrogens with one attached hydrogen (secondary N) is 2. The summed E-state index contributed by atoms with van der Waals surface area (Å²) in [5.41, 5.74) is 0. The standard InChI is InChI=1S/C19H30N4O6/c1-2-4-14-5-3-12-22(14)13-16(25)21-10-8-15(24)20-11-9-19(28)29-23-17(26)6-7-18(23)27/h14H,2-13H2,1H3,(H,20,24)(H,21,25)/i1D3,3+1,4+1,5+1,12+1,13+1,14+1. The van der Waals surface area contributed by atoms with E-state index in [0.717, 1.165) is 19.4 Å². The summed E-state index contributed by atoms with van der Waals surface area (Å²) in [4.78, 5) is 65.0. The van der Waals surface area contributed by atoms with Crippen LogP contribution in [0.15, 0.2) is 0 Å². The quantitative estimate of drug-likeness (QED) is 0.353. The predicted molar refractivity (Wildman–Crippen MR) is 102 cm³/mol. The van der Waals surface area contributed by atoms with Crippen molar-refractivity contribution in [3.63, 3.8) is 0 Å². The molecule has 0 spiro atoms. The number of hydroxylamine groups is 2. The molecule has 2 rings (SSSR count). The first-order valence-corrected chi connectivity index (χ1v) is 9.89. The molecule has 0 aromatic carbocycles. The number of imide groups is 1. The smallest absolute Gasteiger partial charge is 0.334 e. The van der Waals surface area contributed by atoms with Gasteiger partial charge in [0.15, 0.2) is 0 Å². The van der Waals surface area contributed by atoms with E-state index in [1.807, 2.05) is 4.90 Å². The Morgan fingerprint density at radius 2 is 1.79 bits per heavy atom. The van der Waals surface area contributed by atoms with Gasteiger partial charge in [-0.3, -0.25) is 24.1 Å². The van der Waals surface area contributed by atoms with Crippen LogP contribution in [-0.4, -0.2) is 71.8 Å². The molecule has 4 amide bonds. The Morgan fingerprint density at radius 3 is 2.52 bits per heavy atom. The molecular weight excluding hydrogens is 386 g/mol. The normalized spacial score (nSPS) is 21.4. The van der Waals surface area contributed by atoms with Gasteiger partial charge in [0.05, 0.1) is 13.0 Å². The highest BCUT2D eigenvalue weighted by Crippen LogP contribution is 2.20. The van der Waals surface area contributed by atoms with Crippen molar-refractivity contribution in [3.8, 4) is 0 Å². The molecule has 0 radical (unpaired) electrons. The monoisotopic (exact) mass is 419 g/mol. The Morgan fingerprint density at radius 1 is 1.10 bits per heavy atom. The van der Waals surface area contributed by atoms with E-state index in [2.05, 4.69) is 15.5 Å². The van der Waals surface area contributed by atoms with Crippen LogP contribution in [0.1, 0.15) is 62.3 Å². The number of hydrogen-bond acceptors (Lipinski definition) is 7. The van der Waals surface area contributed by atoms with Crippen LogP contribution >= 0.6 is 0 Å². The zero-order valence-corrected chi connectivity index (χ0v) is 16.4. The molecule has 0 bridgehead atoms. The average Bonchev–Trinajstić information content (AvgIpc) is 3.27. The third kappa shape index (κ3) is 7.45. The van der Waals surface area contributed by atoms with Gasteiger partial charge >= 0.3 is 5.97 Å². The minimum absolute atomic E-state index is 0.00915. The Labute approximate surface area is 174 Å². The summed E-state index contributed by atoms with van der Waals surface area (Å²) in [7, 11) is 0. The lowest BCUT2D eigenvalue weighted by atomic mass is 10.3. The van der Waals surface area contributed by atoms with Crippen molar-refractivity contribution in [1.29, 1.82) is 0 Å². The molecule has 2 heterocycles. The van der Waals surface area contributed by atoms with E-state index in [9.17, 15) is 24.0 Å². The first kappa shape index (κ1) is 18.5. The molecule has 1 atom stereocenters. The summed E-state index contributed by atoms with van der Waals surface area (Å²) >= 11 is 0. The summed E-state index contributed by atoms with van der Waals surface area (Å²) in [6.45, 7) is -0.971. The molecule has 0 saturated carbocycles. The van der Waals surface area contributed by atoms with Gasteiger partial charge in [-0.15, -0.1) is 5.06 Å². The Balaban J connectivity index is 1.56. The molecule has 1 unspecified atom stereocenters. The minimum atomic E-state index is -1.97. The van der Waals surface area contributed by atoms with Gasteiger partial charge in [0.25, 0.3) is 11.8 Å². The van der Waals surface area contributed by atoms with Crippen LogP contribution in [0.25, 0.3) is 0 Å². The summed E-state index contributed by atoms with van der Waals surface area (Å²) in [5.74, 6) is -2.55. The van der Waals surface area contributed by atoms with E-state index in [-0.39, 0.29) is 69.6 Å². The minimum Gasteiger partial charge on any atom is -0.355 e. The molecule has 2 fully saturated rings. The fourth-order valence-electron chi connectivity index (χ4n) is 3.35. The molecule has 0 aliphatic carbocycles. The highest BCUT2D eigenvalue weighted by Gasteiger charge is 2.32. The van der Waals surface area contributed by atoms with Crippen molar-refractivity contribution in [2.24, 2.45) is 0 Å². The second kappa shape index (κ2) is 11.5. The fraction of sp³-hybridized carbons (Fsp3) is 0.737. The summed E-state index contributed by atoms with van der Waals surface area (Å²) < 4.78 is 21.9. The van der Waals surface area contributed by atoms with Crippen LogP contribution in [0.5, 0.6) is 0 Å². The van der Waals surface area contributed by atoms with Crippen LogP contribution in [0.2, 0.25) is 0 Å². The number of hydrogen-bond donors (Lipinski definition) is 2. The molecule has 162 valence electrons. The highest BCUT2D eigenvalue weighted by molar-refractivity contribution is 6.01. The molecule has 2 aliphatic rings. The van der Waals surface area contributed by atoms with Crippen LogP contribution in [0.3, 0.4) is 0 Å². The van der Waals surface area contributed by atoms with Gasteiger partial charge in [-0.2, -0.15) is 0 Å². The lowest BCUT2D eigenvalue weighted by Gasteiger charge is -2.23. The summed E-state index contributed by atoms with van der Waals surface area (Å²) in [6.07, 6.45) is 2.26. The van der Waals surface area contributed by atoms with E-state index >= 15 is 0 Å². The molecule has 2 saturated heterocycles. The van der Waals surface area contributed by atoms with Crippen LogP contribution in [0.4, 0.5) is 0 Å². The van der Waals surface area contributed by atoms with E-state index in [4.69, 9.17) is 4.11 Å². The zero-order valence-electron chi connectivity index (χ0n) is 19.4. The van der Waals surface area contributed by atoms with Crippen molar-refractivity contribution >= 4 is 29.6 Å². The zero-order chi connectivity index (χ0) is 23.7. The lowest BCUT2D eigenvalue weighted by molar-refractivity contribution is -0.197. The number of nitrogens with zero attached hydrogens (tertiary/aromatic N) is 2. The van der Waals surface area contributed by atoms with Crippen LogP contribution in [0, 0.1) is 0 Å². The molecule has 2 aliphatic heterocycles. The highest BCUT2D eigenvalue weighted by atomic mass is 16.7. The van der Waals surface area contributed by atoms with Gasteiger partial charge in [-0.1, -0.05) is 13.3 Å². The van der Waals surface area contributed by atoms with Gasteiger partial charge in [-0.25, -0.2) is 4.79 Å². The number of amides is 4. The lowest BCUT2D eigenvalue weighted by Crippen LogP contribution is -2.41. The van der Waals surface area contributed by atoms with Crippen molar-refractivity contribution in [1.82, 2.24) is 20.6 Å². The molecule has 10 heteroatoms. The third-order valence-corrected chi connectivity index (χ3v) is 4.85. The number of carbonyl (C=O) groups is 5. The van der Waals surface area contributed by atoms with E-state index < -0.39 is 24.6 Å². The second-order valence-corrected chi connectivity index (χ2v) is 7.05. The van der Waals surface area contributed by atoms with Crippen molar-refractivity contribution < 1.29 is 32.9 Å². The van der Waals surface area contributed by atoms with Gasteiger partial charge in [0.1, 0.15) is 0 Å². The van der Waals surface area contributed by atoms with E-state index in [0.29, 0.717) is 11.5 Å². The Hall–Kier alpha value is -2.49. The fourth-order valence-corrected chi connectivity index (χ4v) is 3.35. The molecule has 2 N–H and O–H groups in total. The topological polar surface area (TPSA) is 125 Å². The molecule has 10 nitrogen and oxygen atoms in total. The molecular formula is C19H30N4O6. The predicted octanol–water partition coefficient (Wildman–Crippen LogP) is -0.129. The summed E-state index contributed by atoms with van der Waals surface area (Å²) in [5, 5.41) is 5.62. The van der Waals surface area contributed by atoms with Crippen LogP contribution < -0.4 is 10.6 Å². The summed E-state index contributed by atoms with van der Waals surface area (Å²) in [6, 6.07) is 0.0791. The first-order chi connectivity index (χ1) is 15.0. The molecule has 0 aromatic heterocycles. The third-order valence-electron chi connectivity index (χ3n) is 4.85. The van der Waals surface area contributed by atoms with Crippen molar-refractivity contribution in [2.75, 3.05) is 26.2 Å². The maximum atomic E-state index is 12.1. The number of carbonyl (C=O) groups excluding carboxylic acids is 5. The van der Waals surface area contributed by atoms with Crippen molar-refractivity contribution in [2.45, 2.75) is 64.3 Å². The maximum absolute atomic E-state index is 12.1. The molecule has 29 heavy (non-hydrogen) atoms. The van der Waals surface area contributed by atoms with Gasteiger partial charge < -0.3 is 15.5 Å². The Kier molecular flexibility index (Phi) is 7.35. The maximum Gasteiger partial charge on any atom is 0.334 e. The number of likely N-dealkylation sites (tertiary alicyclic amines) is 1.